The van der Waals surface area contributed by atoms with Gasteiger partial charge in [0.15, 0.2) is 11.6 Å². The van der Waals surface area contributed by atoms with E-state index >= 15 is 0 Å². The molecule has 0 saturated carbocycles. The molecule has 1 saturated heterocycles. The molecule has 0 aromatic heterocycles. The van der Waals surface area contributed by atoms with Gasteiger partial charge in [-0.3, -0.25) is 4.90 Å². The zero-order valence-electron chi connectivity index (χ0n) is 13.3. The van der Waals surface area contributed by atoms with Gasteiger partial charge in [0.05, 0.1) is 0 Å². The van der Waals surface area contributed by atoms with Gasteiger partial charge in [0.1, 0.15) is 11.9 Å². The molecule has 23 heavy (non-hydrogen) atoms. The predicted octanol–water partition coefficient (Wildman–Crippen LogP) is 3.29. The lowest BCUT2D eigenvalue weighted by atomic mass is 10.1. The Balaban J connectivity index is 1.48. The summed E-state index contributed by atoms with van der Waals surface area (Å²) < 4.78 is 31.7. The lowest BCUT2D eigenvalue weighted by Crippen LogP contribution is -2.53. The van der Waals surface area contributed by atoms with Crippen molar-refractivity contribution in [3.63, 3.8) is 0 Å². The second-order valence-corrected chi connectivity index (χ2v) is 6.07. The summed E-state index contributed by atoms with van der Waals surface area (Å²) in [6.45, 7) is 2.44. The number of halogens is 2. The molecule has 2 aromatic carbocycles. The molecule has 0 aliphatic carbocycles. The first-order chi connectivity index (χ1) is 11.0. The fraction of sp³-hybridized carbons (Fsp3) is 0.333. The Hall–Kier alpha value is -2.14. The second-order valence-electron chi connectivity index (χ2n) is 6.07. The highest BCUT2D eigenvalue weighted by Crippen LogP contribution is 2.22. The molecule has 1 fully saturated rings. The smallest absolute Gasteiger partial charge is 0.162 e. The first kappa shape index (κ1) is 15.7. The Morgan fingerprint density at radius 3 is 2.35 bits per heavy atom. The van der Waals surface area contributed by atoms with Crippen LogP contribution in [0.4, 0.5) is 14.5 Å². The highest BCUT2D eigenvalue weighted by atomic mass is 19.2. The molecular weight excluding hydrogens is 298 g/mol. The van der Waals surface area contributed by atoms with E-state index in [2.05, 4.69) is 34.1 Å². The minimum Gasteiger partial charge on any atom is -0.488 e. The summed E-state index contributed by atoms with van der Waals surface area (Å²) in [6, 6.07) is 12.1. The summed E-state index contributed by atoms with van der Waals surface area (Å²) in [5.41, 5.74) is 2.43. The van der Waals surface area contributed by atoms with Crippen molar-refractivity contribution < 1.29 is 13.5 Å². The molecule has 3 rings (SSSR count). The summed E-state index contributed by atoms with van der Waals surface area (Å²) in [5, 5.41) is 0. The van der Waals surface area contributed by atoms with Crippen LogP contribution in [-0.2, 0) is 6.54 Å². The third-order valence-electron chi connectivity index (χ3n) is 3.98. The maximum absolute atomic E-state index is 13.1. The Morgan fingerprint density at radius 2 is 1.74 bits per heavy atom. The standard InChI is InChI=1S/C18H20F2N2O/c1-21(2)14-5-3-13(4-6-14)10-22-11-16(12-22)23-15-7-8-17(19)18(20)9-15/h3-9,16H,10-12H2,1-2H3. The highest BCUT2D eigenvalue weighted by Gasteiger charge is 2.28. The Labute approximate surface area is 135 Å². The summed E-state index contributed by atoms with van der Waals surface area (Å²) in [6.07, 6.45) is 0.0286. The average molecular weight is 318 g/mol. The number of nitrogens with zero attached hydrogens (tertiary/aromatic N) is 2. The van der Waals surface area contributed by atoms with Crippen molar-refractivity contribution in [2.75, 3.05) is 32.1 Å². The van der Waals surface area contributed by atoms with E-state index in [0.717, 1.165) is 31.8 Å². The van der Waals surface area contributed by atoms with E-state index in [-0.39, 0.29) is 6.10 Å². The number of ether oxygens (including phenoxy) is 1. The molecule has 0 N–H and O–H groups in total. The van der Waals surface area contributed by atoms with Crippen LogP contribution in [0.25, 0.3) is 0 Å². The maximum Gasteiger partial charge on any atom is 0.162 e. The third-order valence-corrected chi connectivity index (χ3v) is 3.98. The van der Waals surface area contributed by atoms with E-state index in [4.69, 9.17) is 4.74 Å². The van der Waals surface area contributed by atoms with Gasteiger partial charge < -0.3 is 9.64 Å². The van der Waals surface area contributed by atoms with Gasteiger partial charge in [0, 0.05) is 45.5 Å². The maximum atomic E-state index is 13.1. The zero-order valence-corrected chi connectivity index (χ0v) is 13.3. The largest absolute Gasteiger partial charge is 0.488 e. The number of anilines is 1. The molecule has 1 heterocycles. The van der Waals surface area contributed by atoms with Crippen LogP contribution in [0.15, 0.2) is 42.5 Å². The Kier molecular flexibility index (Phi) is 4.48. The SMILES string of the molecule is CN(C)c1ccc(CN2CC(Oc3ccc(F)c(F)c3)C2)cc1. The molecule has 0 atom stereocenters. The number of hydrogen-bond acceptors (Lipinski definition) is 3. The first-order valence-corrected chi connectivity index (χ1v) is 7.61. The first-order valence-electron chi connectivity index (χ1n) is 7.61. The van der Waals surface area contributed by atoms with E-state index in [9.17, 15) is 8.78 Å². The summed E-state index contributed by atoms with van der Waals surface area (Å²) in [4.78, 5) is 4.33. The van der Waals surface area contributed by atoms with Crippen molar-refractivity contribution in [2.24, 2.45) is 0 Å². The van der Waals surface area contributed by atoms with Gasteiger partial charge in [-0.1, -0.05) is 12.1 Å². The third kappa shape index (κ3) is 3.79. The van der Waals surface area contributed by atoms with Crippen molar-refractivity contribution in [1.29, 1.82) is 0 Å². The molecule has 0 radical (unpaired) electrons. The van der Waals surface area contributed by atoms with Crippen LogP contribution in [0.2, 0.25) is 0 Å². The van der Waals surface area contributed by atoms with Crippen LogP contribution in [0, 0.1) is 11.6 Å². The van der Waals surface area contributed by atoms with E-state index in [1.54, 1.807) is 0 Å². The van der Waals surface area contributed by atoms with Crippen LogP contribution >= 0.6 is 0 Å². The fourth-order valence-electron chi connectivity index (χ4n) is 2.63. The minimum absolute atomic E-state index is 0.0286. The van der Waals surface area contributed by atoms with Crippen molar-refractivity contribution in [3.8, 4) is 5.75 Å². The van der Waals surface area contributed by atoms with Crippen LogP contribution in [0.5, 0.6) is 5.75 Å². The lowest BCUT2D eigenvalue weighted by molar-refractivity contribution is 0.0143. The number of rotatable bonds is 5. The molecule has 0 bridgehead atoms. The summed E-state index contributed by atoms with van der Waals surface area (Å²) in [5.74, 6) is -1.35. The van der Waals surface area contributed by atoms with Crippen LogP contribution in [-0.4, -0.2) is 38.2 Å². The van der Waals surface area contributed by atoms with Crippen LogP contribution < -0.4 is 9.64 Å². The Bertz CT molecular complexity index is 667. The van der Waals surface area contributed by atoms with Crippen molar-refractivity contribution in [1.82, 2.24) is 4.90 Å². The lowest BCUT2D eigenvalue weighted by Gasteiger charge is -2.39. The molecule has 0 amide bonds. The minimum atomic E-state index is -0.875. The summed E-state index contributed by atoms with van der Waals surface area (Å²) in [7, 11) is 4.04. The molecular formula is C18H20F2N2O. The number of likely N-dealkylation sites (tertiary alicyclic amines) is 1. The Morgan fingerprint density at radius 1 is 1.04 bits per heavy atom. The van der Waals surface area contributed by atoms with Gasteiger partial charge in [0.2, 0.25) is 0 Å². The van der Waals surface area contributed by atoms with E-state index in [0.29, 0.717) is 5.75 Å². The monoisotopic (exact) mass is 318 g/mol. The molecule has 5 heteroatoms. The van der Waals surface area contributed by atoms with Crippen LogP contribution in [0.1, 0.15) is 5.56 Å². The zero-order chi connectivity index (χ0) is 16.4. The normalized spacial score (nSPS) is 15.3. The number of hydrogen-bond donors (Lipinski definition) is 0. The molecule has 0 spiro atoms. The van der Waals surface area contributed by atoms with Crippen molar-refractivity contribution in [3.05, 3.63) is 59.7 Å². The van der Waals surface area contributed by atoms with Gasteiger partial charge in [-0.2, -0.15) is 0 Å². The molecule has 0 unspecified atom stereocenters. The van der Waals surface area contributed by atoms with Crippen LogP contribution in [0.3, 0.4) is 0 Å². The molecule has 1 aliphatic heterocycles. The summed E-state index contributed by atoms with van der Waals surface area (Å²) >= 11 is 0. The van der Waals surface area contributed by atoms with E-state index < -0.39 is 11.6 Å². The van der Waals surface area contributed by atoms with Crippen molar-refractivity contribution >= 4 is 5.69 Å². The second kappa shape index (κ2) is 6.54. The molecule has 3 nitrogen and oxygen atoms in total. The highest BCUT2D eigenvalue weighted by molar-refractivity contribution is 5.46. The van der Waals surface area contributed by atoms with Gasteiger partial charge in [-0.15, -0.1) is 0 Å². The topological polar surface area (TPSA) is 15.7 Å². The number of benzene rings is 2. The van der Waals surface area contributed by atoms with E-state index in [1.807, 2.05) is 14.1 Å². The quantitative estimate of drug-likeness (QED) is 0.841. The molecule has 2 aromatic rings. The average Bonchev–Trinajstić information content (AvgIpc) is 2.49. The molecule has 122 valence electrons. The van der Waals surface area contributed by atoms with Gasteiger partial charge >= 0.3 is 0 Å². The fourth-order valence-corrected chi connectivity index (χ4v) is 2.63. The predicted molar refractivity (Wildman–Crippen MR) is 86.8 cm³/mol. The van der Waals surface area contributed by atoms with Crippen molar-refractivity contribution in [2.45, 2.75) is 12.6 Å². The molecule has 1 aliphatic rings. The van der Waals surface area contributed by atoms with Gasteiger partial charge in [0.25, 0.3) is 0 Å². The van der Waals surface area contributed by atoms with Gasteiger partial charge in [-0.25, -0.2) is 8.78 Å². The van der Waals surface area contributed by atoms with Gasteiger partial charge in [-0.05, 0) is 29.8 Å². The van der Waals surface area contributed by atoms with E-state index in [1.165, 1.54) is 17.3 Å².